The van der Waals surface area contributed by atoms with Crippen molar-refractivity contribution in [3.63, 3.8) is 0 Å². The molecule has 2 amide bonds. The van der Waals surface area contributed by atoms with Gasteiger partial charge in [0.15, 0.2) is 0 Å². The summed E-state index contributed by atoms with van der Waals surface area (Å²) < 4.78 is 9.93. The number of para-hydroxylation sites is 2. The average molecular weight is 368 g/mol. The Morgan fingerprint density at radius 3 is 2.56 bits per heavy atom. The number of amides is 2. The first-order chi connectivity index (χ1) is 13.1. The van der Waals surface area contributed by atoms with Crippen LogP contribution in [0.15, 0.2) is 48.5 Å². The number of fused-ring (bicyclic) bond motifs is 1. The zero-order valence-corrected chi connectivity index (χ0v) is 15.1. The van der Waals surface area contributed by atoms with Gasteiger partial charge in [-0.1, -0.05) is 30.3 Å². The number of carbonyl (C=O) groups excluding carboxylic acids is 3. The highest BCUT2D eigenvalue weighted by Crippen LogP contribution is 2.39. The third-order valence-corrected chi connectivity index (χ3v) is 4.33. The van der Waals surface area contributed by atoms with Gasteiger partial charge in [0.2, 0.25) is 0 Å². The number of rotatable bonds is 5. The highest BCUT2D eigenvalue weighted by Gasteiger charge is 2.37. The molecular weight excluding hydrogens is 348 g/mol. The maximum atomic E-state index is 12.9. The van der Waals surface area contributed by atoms with Crippen LogP contribution in [0.3, 0.4) is 0 Å². The second kappa shape index (κ2) is 7.90. The minimum Gasteiger partial charge on any atom is -0.466 e. The van der Waals surface area contributed by atoms with Crippen molar-refractivity contribution in [2.75, 3.05) is 23.9 Å². The molecule has 0 aliphatic carbocycles. The van der Waals surface area contributed by atoms with Crippen molar-refractivity contribution in [1.29, 1.82) is 0 Å². The molecule has 1 aliphatic rings. The van der Waals surface area contributed by atoms with E-state index in [1.54, 1.807) is 43.3 Å². The summed E-state index contributed by atoms with van der Waals surface area (Å²) in [5.41, 5.74) is 2.00. The van der Waals surface area contributed by atoms with E-state index in [-0.39, 0.29) is 18.6 Å². The van der Waals surface area contributed by atoms with Gasteiger partial charge in [-0.3, -0.25) is 9.69 Å². The molecule has 0 saturated heterocycles. The van der Waals surface area contributed by atoms with Crippen LogP contribution in [0.2, 0.25) is 0 Å². The van der Waals surface area contributed by atoms with Gasteiger partial charge in [0.1, 0.15) is 0 Å². The monoisotopic (exact) mass is 368 g/mol. The Morgan fingerprint density at radius 1 is 1.11 bits per heavy atom. The molecule has 3 rings (SSSR count). The summed E-state index contributed by atoms with van der Waals surface area (Å²) in [7, 11) is 1.28. The van der Waals surface area contributed by atoms with Crippen molar-refractivity contribution in [1.82, 2.24) is 0 Å². The lowest BCUT2D eigenvalue weighted by Crippen LogP contribution is -2.44. The molecule has 1 atom stereocenters. The Hall–Kier alpha value is -3.35. The van der Waals surface area contributed by atoms with E-state index in [0.717, 1.165) is 5.56 Å². The summed E-state index contributed by atoms with van der Waals surface area (Å²) in [6.45, 7) is 1.97. The topological polar surface area (TPSA) is 84.9 Å². The van der Waals surface area contributed by atoms with Crippen molar-refractivity contribution >= 4 is 29.3 Å². The quantitative estimate of drug-likeness (QED) is 0.816. The fourth-order valence-electron chi connectivity index (χ4n) is 3.18. The second-order valence-electron chi connectivity index (χ2n) is 5.92. The number of hydrogen-bond acceptors (Lipinski definition) is 5. The smallest absolute Gasteiger partial charge is 0.339 e. The van der Waals surface area contributed by atoms with Crippen LogP contribution in [0.5, 0.6) is 0 Å². The fraction of sp³-hybridized carbons (Fsp3) is 0.250. The standard InChI is InChI=1S/C20H20N2O5/c1-3-27-18(23)12-17-13-8-4-6-10-15(13)21-20(25)22(17)16-11-7-5-9-14(16)19(24)26-2/h4-11,17H,3,12H2,1-2H3,(H,21,25). The van der Waals surface area contributed by atoms with Crippen molar-refractivity contribution in [3.05, 3.63) is 59.7 Å². The number of ether oxygens (including phenoxy) is 2. The molecule has 7 nitrogen and oxygen atoms in total. The lowest BCUT2D eigenvalue weighted by Gasteiger charge is -2.37. The average Bonchev–Trinajstić information content (AvgIpc) is 2.67. The van der Waals surface area contributed by atoms with E-state index in [9.17, 15) is 14.4 Å². The van der Waals surface area contributed by atoms with Gasteiger partial charge in [-0.05, 0) is 30.7 Å². The van der Waals surface area contributed by atoms with Crippen molar-refractivity contribution in [2.45, 2.75) is 19.4 Å². The SMILES string of the molecule is CCOC(=O)CC1c2ccccc2NC(=O)N1c1ccccc1C(=O)OC. The summed E-state index contributed by atoms with van der Waals surface area (Å²) in [4.78, 5) is 38.7. The van der Waals surface area contributed by atoms with Crippen molar-refractivity contribution in [3.8, 4) is 0 Å². The van der Waals surface area contributed by atoms with Crippen LogP contribution in [0, 0.1) is 0 Å². The molecule has 27 heavy (non-hydrogen) atoms. The van der Waals surface area contributed by atoms with Gasteiger partial charge in [0.25, 0.3) is 0 Å². The van der Waals surface area contributed by atoms with Crippen LogP contribution < -0.4 is 10.2 Å². The molecular formula is C20H20N2O5. The number of nitrogens with one attached hydrogen (secondary N) is 1. The molecule has 1 heterocycles. The highest BCUT2D eigenvalue weighted by atomic mass is 16.5. The van der Waals surface area contributed by atoms with E-state index in [0.29, 0.717) is 11.4 Å². The Labute approximate surface area is 156 Å². The lowest BCUT2D eigenvalue weighted by molar-refractivity contribution is -0.143. The molecule has 1 unspecified atom stereocenters. The number of urea groups is 1. The van der Waals surface area contributed by atoms with E-state index in [4.69, 9.17) is 9.47 Å². The Balaban J connectivity index is 2.11. The molecule has 2 aromatic rings. The number of nitrogens with zero attached hydrogens (tertiary/aromatic N) is 1. The summed E-state index contributed by atoms with van der Waals surface area (Å²) in [5.74, 6) is -0.986. The molecule has 0 bridgehead atoms. The van der Waals surface area contributed by atoms with Crippen LogP contribution in [-0.2, 0) is 14.3 Å². The normalized spacial score (nSPS) is 15.6. The number of esters is 2. The summed E-state index contributed by atoms with van der Waals surface area (Å²) in [5, 5.41) is 2.81. The fourth-order valence-corrected chi connectivity index (χ4v) is 3.18. The zero-order chi connectivity index (χ0) is 19.4. The molecule has 7 heteroatoms. The molecule has 140 valence electrons. The molecule has 0 saturated carbocycles. The van der Waals surface area contributed by atoms with Crippen LogP contribution >= 0.6 is 0 Å². The third kappa shape index (κ3) is 3.62. The Kier molecular flexibility index (Phi) is 5.40. The Bertz CT molecular complexity index is 880. The van der Waals surface area contributed by atoms with Gasteiger partial charge in [-0.15, -0.1) is 0 Å². The number of hydrogen-bond donors (Lipinski definition) is 1. The maximum absolute atomic E-state index is 12.9. The second-order valence-corrected chi connectivity index (χ2v) is 5.92. The molecule has 1 aliphatic heterocycles. The van der Waals surface area contributed by atoms with Crippen LogP contribution in [0.4, 0.5) is 16.2 Å². The van der Waals surface area contributed by atoms with E-state index in [2.05, 4.69) is 5.32 Å². The first-order valence-corrected chi connectivity index (χ1v) is 8.59. The van der Waals surface area contributed by atoms with Gasteiger partial charge in [-0.25, -0.2) is 9.59 Å². The third-order valence-electron chi connectivity index (χ3n) is 4.33. The number of methoxy groups -OCH3 is 1. The van der Waals surface area contributed by atoms with Crippen molar-refractivity contribution in [2.24, 2.45) is 0 Å². The number of carbonyl (C=O) groups is 3. The molecule has 2 aromatic carbocycles. The van der Waals surface area contributed by atoms with Gasteiger partial charge in [0, 0.05) is 5.69 Å². The van der Waals surface area contributed by atoms with E-state index in [1.165, 1.54) is 12.0 Å². The van der Waals surface area contributed by atoms with Crippen LogP contribution in [0.25, 0.3) is 0 Å². The molecule has 0 fully saturated rings. The van der Waals surface area contributed by atoms with Crippen LogP contribution in [-0.4, -0.2) is 31.7 Å². The van der Waals surface area contributed by atoms with E-state index in [1.807, 2.05) is 12.1 Å². The van der Waals surface area contributed by atoms with Gasteiger partial charge in [-0.2, -0.15) is 0 Å². The van der Waals surface area contributed by atoms with Crippen molar-refractivity contribution < 1.29 is 23.9 Å². The predicted octanol–water partition coefficient (Wildman–Crippen LogP) is 3.52. The minimum absolute atomic E-state index is 0.0339. The first-order valence-electron chi connectivity index (χ1n) is 8.59. The number of anilines is 2. The van der Waals surface area contributed by atoms with E-state index >= 15 is 0 Å². The summed E-state index contributed by atoms with van der Waals surface area (Å²) in [6, 6.07) is 12.8. The largest absolute Gasteiger partial charge is 0.466 e. The predicted molar refractivity (Wildman–Crippen MR) is 99.7 cm³/mol. The molecule has 0 aromatic heterocycles. The van der Waals surface area contributed by atoms with Crippen LogP contribution in [0.1, 0.15) is 35.3 Å². The van der Waals surface area contributed by atoms with Gasteiger partial charge < -0.3 is 14.8 Å². The Morgan fingerprint density at radius 2 is 1.81 bits per heavy atom. The lowest BCUT2D eigenvalue weighted by atomic mass is 9.96. The number of benzene rings is 2. The highest BCUT2D eigenvalue weighted by molar-refractivity contribution is 6.09. The molecule has 0 radical (unpaired) electrons. The van der Waals surface area contributed by atoms with Gasteiger partial charge in [0.05, 0.1) is 37.4 Å². The summed E-state index contributed by atoms with van der Waals surface area (Å²) in [6.07, 6.45) is -0.0339. The maximum Gasteiger partial charge on any atom is 0.339 e. The molecule has 1 N–H and O–H groups in total. The van der Waals surface area contributed by atoms with E-state index < -0.39 is 24.0 Å². The zero-order valence-electron chi connectivity index (χ0n) is 15.1. The van der Waals surface area contributed by atoms with Gasteiger partial charge >= 0.3 is 18.0 Å². The first kappa shape index (κ1) is 18.4. The molecule has 0 spiro atoms. The minimum atomic E-state index is -0.611. The summed E-state index contributed by atoms with van der Waals surface area (Å²) >= 11 is 0.